The zero-order chi connectivity index (χ0) is 16.0. The van der Waals surface area contributed by atoms with Gasteiger partial charge in [0.25, 0.3) is 0 Å². The quantitative estimate of drug-likeness (QED) is 0.815. The molecule has 0 saturated carbocycles. The van der Waals surface area contributed by atoms with E-state index in [0.717, 1.165) is 28.8 Å². The Morgan fingerprint density at radius 2 is 2.26 bits per heavy atom. The highest BCUT2D eigenvalue weighted by molar-refractivity contribution is 5.99. The second-order valence-corrected chi connectivity index (χ2v) is 6.46. The summed E-state index contributed by atoms with van der Waals surface area (Å²) in [6.07, 6.45) is 7.39. The number of nitrogens with zero attached hydrogens (tertiary/aromatic N) is 4. The number of fused-ring (bicyclic) bond motifs is 1. The van der Waals surface area contributed by atoms with Crippen molar-refractivity contribution < 1.29 is 4.79 Å². The van der Waals surface area contributed by atoms with Crippen LogP contribution in [0.1, 0.15) is 12.0 Å². The van der Waals surface area contributed by atoms with Gasteiger partial charge >= 0.3 is 0 Å². The van der Waals surface area contributed by atoms with Crippen LogP contribution in [0.2, 0.25) is 0 Å². The number of nitrogens with one attached hydrogen (secondary N) is 1. The summed E-state index contributed by atoms with van der Waals surface area (Å²) in [5.41, 5.74) is 3.69. The van der Waals surface area contributed by atoms with Crippen LogP contribution in [0.25, 0.3) is 11.1 Å². The van der Waals surface area contributed by atoms with Gasteiger partial charge in [-0.25, -0.2) is 0 Å². The molecule has 2 aromatic rings. The van der Waals surface area contributed by atoms with Gasteiger partial charge in [0, 0.05) is 37.6 Å². The molecule has 1 spiro atoms. The second-order valence-electron chi connectivity index (χ2n) is 6.46. The fourth-order valence-electron chi connectivity index (χ4n) is 3.60. The molecule has 1 fully saturated rings. The topological polar surface area (TPSA) is 74.0 Å². The Balaban J connectivity index is 1.70. The van der Waals surface area contributed by atoms with Crippen molar-refractivity contribution in [2.75, 3.05) is 18.4 Å². The van der Waals surface area contributed by atoms with Gasteiger partial charge in [0.2, 0.25) is 5.91 Å². The number of aryl methyl sites for hydroxylation is 1. The molecule has 1 unspecified atom stereocenters. The third-order valence-electron chi connectivity index (χ3n) is 4.90. The molecule has 0 radical (unpaired) electrons. The van der Waals surface area contributed by atoms with Gasteiger partial charge in [-0.05, 0) is 36.1 Å². The molecule has 1 N–H and O–H groups in total. The first-order valence-electron chi connectivity index (χ1n) is 7.68. The SMILES string of the molecule is Cn1cc(-c2ccc3c(c2)CC2(CCN(C#N)C2)C(=O)N3)cn1. The number of benzene rings is 1. The number of hydrogen-bond acceptors (Lipinski definition) is 4. The molecule has 2 aliphatic rings. The highest BCUT2D eigenvalue weighted by Gasteiger charge is 2.47. The minimum absolute atomic E-state index is 0.0388. The van der Waals surface area contributed by atoms with Crippen LogP contribution in [0.3, 0.4) is 0 Å². The van der Waals surface area contributed by atoms with Crippen LogP contribution in [0.4, 0.5) is 5.69 Å². The summed E-state index contributed by atoms with van der Waals surface area (Å²) in [4.78, 5) is 14.2. The highest BCUT2D eigenvalue weighted by Crippen LogP contribution is 2.41. The summed E-state index contributed by atoms with van der Waals surface area (Å²) in [5.74, 6) is 0.0388. The van der Waals surface area contributed by atoms with E-state index in [1.807, 2.05) is 31.6 Å². The van der Waals surface area contributed by atoms with Crippen molar-refractivity contribution in [1.29, 1.82) is 5.26 Å². The maximum absolute atomic E-state index is 12.5. The lowest BCUT2D eigenvalue weighted by molar-refractivity contribution is -0.125. The van der Waals surface area contributed by atoms with E-state index < -0.39 is 5.41 Å². The van der Waals surface area contributed by atoms with E-state index >= 15 is 0 Å². The van der Waals surface area contributed by atoms with Crippen LogP contribution < -0.4 is 5.32 Å². The van der Waals surface area contributed by atoms with Gasteiger partial charge in [-0.1, -0.05) is 6.07 Å². The van der Waals surface area contributed by atoms with Crippen molar-refractivity contribution in [3.63, 3.8) is 0 Å². The summed E-state index contributed by atoms with van der Waals surface area (Å²) < 4.78 is 1.78. The molecule has 6 nitrogen and oxygen atoms in total. The second kappa shape index (κ2) is 4.85. The minimum Gasteiger partial charge on any atom is -0.325 e. The molecule has 0 bridgehead atoms. The zero-order valence-corrected chi connectivity index (χ0v) is 12.9. The van der Waals surface area contributed by atoms with Crippen molar-refractivity contribution in [2.45, 2.75) is 12.8 Å². The van der Waals surface area contributed by atoms with Crippen molar-refractivity contribution in [1.82, 2.24) is 14.7 Å². The summed E-state index contributed by atoms with van der Waals surface area (Å²) >= 11 is 0. The van der Waals surface area contributed by atoms with Crippen LogP contribution in [-0.4, -0.2) is 33.7 Å². The van der Waals surface area contributed by atoms with E-state index in [1.165, 1.54) is 0 Å². The average molecular weight is 307 g/mol. The van der Waals surface area contributed by atoms with Crippen LogP contribution in [0.15, 0.2) is 30.6 Å². The van der Waals surface area contributed by atoms with Crippen LogP contribution in [-0.2, 0) is 18.3 Å². The van der Waals surface area contributed by atoms with Gasteiger partial charge in [-0.15, -0.1) is 0 Å². The maximum Gasteiger partial charge on any atom is 0.232 e. The first kappa shape index (κ1) is 13.8. The lowest BCUT2D eigenvalue weighted by Gasteiger charge is -2.33. The summed E-state index contributed by atoms with van der Waals surface area (Å²) in [7, 11) is 1.89. The van der Waals surface area contributed by atoms with E-state index in [2.05, 4.69) is 22.7 Å². The number of carbonyl (C=O) groups excluding carboxylic acids is 1. The number of likely N-dealkylation sites (tertiary alicyclic amines) is 1. The predicted octanol–water partition coefficient (Wildman–Crippen LogP) is 1.75. The molecule has 116 valence electrons. The van der Waals surface area contributed by atoms with Crippen molar-refractivity contribution in [2.24, 2.45) is 12.5 Å². The Kier molecular flexibility index (Phi) is 2.91. The average Bonchev–Trinajstić information content (AvgIpc) is 3.15. The molecule has 1 saturated heterocycles. The molecular weight excluding hydrogens is 290 g/mol. The number of rotatable bonds is 1. The molecule has 4 rings (SSSR count). The molecule has 0 aliphatic carbocycles. The molecule has 3 heterocycles. The van der Waals surface area contributed by atoms with Crippen LogP contribution in [0.5, 0.6) is 0 Å². The molecule has 2 aliphatic heterocycles. The number of aromatic nitrogens is 2. The van der Waals surface area contributed by atoms with Gasteiger partial charge in [-0.3, -0.25) is 9.48 Å². The monoisotopic (exact) mass is 307 g/mol. The Morgan fingerprint density at radius 3 is 2.96 bits per heavy atom. The molecule has 23 heavy (non-hydrogen) atoms. The first-order chi connectivity index (χ1) is 11.1. The van der Waals surface area contributed by atoms with E-state index in [0.29, 0.717) is 19.5 Å². The third-order valence-corrected chi connectivity index (χ3v) is 4.90. The molecular formula is C17H17N5O. The van der Waals surface area contributed by atoms with E-state index in [9.17, 15) is 4.79 Å². The van der Waals surface area contributed by atoms with Gasteiger partial charge in [0.15, 0.2) is 6.19 Å². The van der Waals surface area contributed by atoms with Crippen LogP contribution in [0, 0.1) is 16.9 Å². The summed E-state index contributed by atoms with van der Waals surface area (Å²) in [6.45, 7) is 1.16. The van der Waals surface area contributed by atoms with Crippen molar-refractivity contribution >= 4 is 11.6 Å². The van der Waals surface area contributed by atoms with E-state index in [4.69, 9.17) is 5.26 Å². The molecule has 6 heteroatoms. The van der Waals surface area contributed by atoms with Gasteiger partial charge < -0.3 is 10.2 Å². The Hall–Kier alpha value is -2.81. The molecule has 1 aromatic carbocycles. The smallest absolute Gasteiger partial charge is 0.232 e. The minimum atomic E-state index is -0.476. The largest absolute Gasteiger partial charge is 0.325 e. The number of hydrogen-bond donors (Lipinski definition) is 1. The molecule has 1 atom stereocenters. The Labute approximate surface area is 134 Å². The summed E-state index contributed by atoms with van der Waals surface area (Å²) in [5, 5.41) is 16.3. The van der Waals surface area contributed by atoms with Gasteiger partial charge in [0.05, 0.1) is 11.6 Å². The maximum atomic E-state index is 12.5. The lowest BCUT2D eigenvalue weighted by atomic mass is 9.76. The van der Waals surface area contributed by atoms with E-state index in [1.54, 1.807) is 9.58 Å². The van der Waals surface area contributed by atoms with E-state index in [-0.39, 0.29) is 5.91 Å². The fraction of sp³-hybridized carbons (Fsp3) is 0.353. The van der Waals surface area contributed by atoms with Gasteiger partial charge in [0.1, 0.15) is 0 Å². The fourth-order valence-corrected chi connectivity index (χ4v) is 3.60. The highest BCUT2D eigenvalue weighted by atomic mass is 16.2. The first-order valence-corrected chi connectivity index (χ1v) is 7.68. The van der Waals surface area contributed by atoms with Crippen molar-refractivity contribution in [3.8, 4) is 17.3 Å². The number of carbonyl (C=O) groups is 1. The molecule has 1 amide bonds. The number of amides is 1. The standard InChI is InChI=1S/C17H17N5O/c1-21-9-14(8-19-21)12-2-3-15-13(6-12)7-17(16(23)20-15)4-5-22(10-17)11-18/h2-3,6,8-9H,4-5,7,10H2,1H3,(H,20,23). The zero-order valence-electron chi connectivity index (χ0n) is 12.9. The van der Waals surface area contributed by atoms with Crippen LogP contribution >= 0.6 is 0 Å². The summed E-state index contributed by atoms with van der Waals surface area (Å²) in [6, 6.07) is 6.09. The normalized spacial score (nSPS) is 22.8. The Bertz CT molecular complexity index is 834. The number of anilines is 1. The lowest BCUT2D eigenvalue weighted by Crippen LogP contribution is -2.43. The van der Waals surface area contributed by atoms with Gasteiger partial charge in [-0.2, -0.15) is 10.4 Å². The Morgan fingerprint density at radius 1 is 1.39 bits per heavy atom. The van der Waals surface area contributed by atoms with Crippen molar-refractivity contribution in [3.05, 3.63) is 36.2 Å². The predicted molar refractivity (Wildman–Crippen MR) is 85.2 cm³/mol. The number of nitriles is 1. The molecule has 1 aromatic heterocycles. The third kappa shape index (κ3) is 2.16.